The molecule has 218 valence electrons. The number of benzene rings is 3. The van der Waals surface area contributed by atoms with Gasteiger partial charge in [-0.2, -0.15) is 4.79 Å². The van der Waals surface area contributed by atoms with Crippen LogP contribution in [0.25, 0.3) is 21.8 Å². The fraction of sp³-hybridized carbons (Fsp3) is 0.310. The van der Waals surface area contributed by atoms with Crippen molar-refractivity contribution in [2.45, 2.75) is 52.6 Å². The third kappa shape index (κ3) is 6.36. The molecule has 4 N–H and O–H groups in total. The number of H-pyrrole nitrogens is 1. The van der Waals surface area contributed by atoms with E-state index in [1.54, 1.807) is 48.0 Å². The lowest BCUT2D eigenvalue weighted by Crippen LogP contribution is -2.31. The van der Waals surface area contributed by atoms with Gasteiger partial charge in [0.25, 0.3) is 21.1 Å². The molecule has 0 amide bonds. The summed E-state index contributed by atoms with van der Waals surface area (Å²) in [5.74, 6) is 6.55. The summed E-state index contributed by atoms with van der Waals surface area (Å²) in [6.07, 6.45) is 0. The van der Waals surface area contributed by atoms with E-state index >= 15 is 0 Å². The molecule has 0 atom stereocenters. The lowest BCUT2D eigenvalue weighted by atomic mass is 10.2. The molecule has 0 bridgehead atoms. The van der Waals surface area contributed by atoms with Crippen molar-refractivity contribution in [2.75, 3.05) is 10.6 Å². The molecule has 10 nitrogen and oxygen atoms in total. The number of nitrogens with two attached hydrogens (primary N) is 1. The lowest BCUT2D eigenvalue weighted by molar-refractivity contribution is 0.448. The number of sulfonamides is 1. The smallest absolute Gasteiger partial charge is 0.293 e. The number of hydrogen-bond donors (Lipinski definition) is 3. The van der Waals surface area contributed by atoms with Crippen molar-refractivity contribution >= 4 is 49.1 Å². The summed E-state index contributed by atoms with van der Waals surface area (Å²) in [4.78, 5) is 25.3. The van der Waals surface area contributed by atoms with Crippen molar-refractivity contribution in [3.05, 3.63) is 92.0 Å². The number of nitrogens with one attached hydrogen (secondary N) is 2. The summed E-state index contributed by atoms with van der Waals surface area (Å²) in [5.41, 5.74) is 2.06. The van der Waals surface area contributed by atoms with E-state index in [0.29, 0.717) is 45.4 Å². The molecule has 2 heterocycles. The molecule has 5 aromatic rings. The summed E-state index contributed by atoms with van der Waals surface area (Å²) in [5, 5.41) is 4.29. The molecular formula is C29H35ClN6O4S. The number of aromatic amines is 1. The third-order valence-electron chi connectivity index (χ3n) is 6.49. The maximum Gasteiger partial charge on any atom is 0.293 e. The van der Waals surface area contributed by atoms with E-state index in [4.69, 9.17) is 17.4 Å². The molecule has 0 aliphatic carbocycles. The van der Waals surface area contributed by atoms with Crippen molar-refractivity contribution in [3.63, 3.8) is 0 Å². The van der Waals surface area contributed by atoms with Gasteiger partial charge in [-0.15, -0.1) is 0 Å². The Morgan fingerprint density at radius 2 is 1.59 bits per heavy atom. The number of aromatic nitrogens is 4. The molecule has 5 rings (SSSR count). The van der Waals surface area contributed by atoms with E-state index in [-0.39, 0.29) is 16.0 Å². The molecule has 12 heteroatoms. The molecule has 0 fully saturated rings. The van der Waals surface area contributed by atoms with Crippen LogP contribution >= 0.6 is 11.6 Å². The zero-order chi connectivity index (χ0) is 30.1. The van der Waals surface area contributed by atoms with E-state index < -0.39 is 10.0 Å². The van der Waals surface area contributed by atoms with Crippen LogP contribution in [0.4, 0.5) is 5.69 Å². The number of nitrogen functional groups attached to an aromatic ring is 1. The molecule has 41 heavy (non-hydrogen) atoms. The normalized spacial score (nSPS) is 11.8. The number of halogens is 1. The summed E-state index contributed by atoms with van der Waals surface area (Å²) in [6, 6.07) is 17.1. The molecule has 3 aromatic carbocycles. The fourth-order valence-corrected chi connectivity index (χ4v) is 6.17. The van der Waals surface area contributed by atoms with Crippen molar-refractivity contribution in [2.24, 2.45) is 11.8 Å². The molecule has 0 saturated carbocycles. The minimum Gasteiger partial charge on any atom is -0.321 e. The van der Waals surface area contributed by atoms with Crippen molar-refractivity contribution in [1.82, 2.24) is 19.3 Å². The van der Waals surface area contributed by atoms with Gasteiger partial charge in [0.1, 0.15) is 0 Å². The molecular weight excluding hydrogens is 564 g/mol. The van der Waals surface area contributed by atoms with Crippen LogP contribution in [0.2, 0.25) is 5.02 Å². The van der Waals surface area contributed by atoms with Gasteiger partial charge < -0.3 is 5.84 Å². The largest absolute Gasteiger partial charge is 0.321 e. The highest BCUT2D eigenvalue weighted by Crippen LogP contribution is 2.26. The van der Waals surface area contributed by atoms with Gasteiger partial charge in [0.05, 0.1) is 26.7 Å². The molecule has 0 radical (unpaired) electrons. The van der Waals surface area contributed by atoms with Crippen LogP contribution in [-0.2, 0) is 23.1 Å². The molecule has 0 aliphatic rings. The second-order valence-corrected chi connectivity index (χ2v) is 12.8. The Kier molecular flexibility index (Phi) is 8.69. The molecule has 0 saturated heterocycles. The van der Waals surface area contributed by atoms with Crippen molar-refractivity contribution in [1.29, 1.82) is 0 Å². The molecule has 2 aromatic heterocycles. The van der Waals surface area contributed by atoms with Gasteiger partial charge >= 0.3 is 0 Å². The Hall–Kier alpha value is -3.96. The monoisotopic (exact) mass is 598 g/mol. The Balaban J connectivity index is 0.000000218. The Morgan fingerprint density at radius 3 is 2.27 bits per heavy atom. The summed E-state index contributed by atoms with van der Waals surface area (Å²) >= 11 is 6.03. The maximum atomic E-state index is 12.7. The number of rotatable bonds is 7. The second-order valence-electron chi connectivity index (χ2n) is 10.8. The first kappa shape index (κ1) is 30.0. The second kappa shape index (κ2) is 11.9. The van der Waals surface area contributed by atoms with Gasteiger partial charge in [-0.25, -0.2) is 8.42 Å². The van der Waals surface area contributed by atoms with Crippen LogP contribution in [0.3, 0.4) is 0 Å². The van der Waals surface area contributed by atoms with Gasteiger partial charge in [-0.05, 0) is 66.8 Å². The topological polar surface area (TPSA) is 137 Å². The standard InChI is InChI=1S/C18H20ClN3O3S.C11H15N3O/c1-11(2)10-22-16-8-7-13(9-14(16)18(23)20-22)21-26(24,25)17-6-4-5-15(19)12(17)3;1-8(2)7-13-10-6-4-3-5-9(10)11(15)14(13)12/h4-9,11,21H,10H2,1-3H3,(H,20,23);3-6,8H,7,12H2,1-2H3. The number of hydrogen-bond acceptors (Lipinski definition) is 5. The highest BCUT2D eigenvalue weighted by atomic mass is 35.5. The molecule has 0 spiro atoms. The van der Waals surface area contributed by atoms with Gasteiger partial charge in [0, 0.05) is 23.8 Å². The molecule has 0 unspecified atom stereocenters. The molecule has 0 aliphatic heterocycles. The van der Waals surface area contributed by atoms with Crippen LogP contribution in [0, 0.1) is 18.8 Å². The van der Waals surface area contributed by atoms with Crippen LogP contribution in [-0.4, -0.2) is 27.7 Å². The van der Waals surface area contributed by atoms with Crippen LogP contribution < -0.4 is 21.7 Å². The number of anilines is 1. The number of nitrogens with zero attached hydrogens (tertiary/aromatic N) is 3. The van der Waals surface area contributed by atoms with E-state index in [1.807, 2.05) is 22.9 Å². The van der Waals surface area contributed by atoms with Gasteiger partial charge in [0.15, 0.2) is 0 Å². The predicted molar refractivity (Wildman–Crippen MR) is 166 cm³/mol. The van der Waals surface area contributed by atoms with Gasteiger partial charge in [-0.1, -0.05) is 57.5 Å². The Bertz CT molecular complexity index is 1930. The Labute approximate surface area is 243 Å². The maximum absolute atomic E-state index is 12.7. The lowest BCUT2D eigenvalue weighted by Gasteiger charge is -2.12. The summed E-state index contributed by atoms with van der Waals surface area (Å²) < 4.78 is 31.5. The van der Waals surface area contributed by atoms with Crippen molar-refractivity contribution < 1.29 is 8.42 Å². The Morgan fingerprint density at radius 1 is 0.902 bits per heavy atom. The zero-order valence-corrected chi connectivity index (χ0v) is 25.3. The minimum atomic E-state index is -3.81. The minimum absolute atomic E-state index is 0.108. The highest BCUT2D eigenvalue weighted by Gasteiger charge is 2.19. The van der Waals surface area contributed by atoms with E-state index in [0.717, 1.165) is 17.6 Å². The number of fused-ring (bicyclic) bond motifs is 2. The fourth-order valence-electron chi connectivity index (χ4n) is 4.62. The first-order valence-corrected chi connectivity index (χ1v) is 15.1. The van der Waals surface area contributed by atoms with Crippen LogP contribution in [0.1, 0.15) is 33.3 Å². The quantitative estimate of drug-likeness (QED) is 0.228. The van der Waals surface area contributed by atoms with Crippen LogP contribution in [0.15, 0.2) is 75.1 Å². The van der Waals surface area contributed by atoms with E-state index in [2.05, 4.69) is 37.5 Å². The number of para-hydroxylation sites is 1. The van der Waals surface area contributed by atoms with Gasteiger partial charge in [0.2, 0.25) is 0 Å². The van der Waals surface area contributed by atoms with Crippen LogP contribution in [0.5, 0.6) is 0 Å². The van der Waals surface area contributed by atoms with Gasteiger partial charge in [-0.3, -0.25) is 28.8 Å². The average molecular weight is 599 g/mol. The predicted octanol–water partition coefficient (Wildman–Crippen LogP) is 4.92. The van der Waals surface area contributed by atoms with E-state index in [9.17, 15) is 18.0 Å². The first-order valence-electron chi connectivity index (χ1n) is 13.3. The highest BCUT2D eigenvalue weighted by molar-refractivity contribution is 7.92. The zero-order valence-electron chi connectivity index (χ0n) is 23.7. The van der Waals surface area contributed by atoms with Crippen molar-refractivity contribution in [3.8, 4) is 0 Å². The third-order valence-corrected chi connectivity index (χ3v) is 8.43. The van der Waals surface area contributed by atoms with E-state index in [1.165, 1.54) is 10.9 Å². The average Bonchev–Trinajstić information content (AvgIpc) is 3.33. The summed E-state index contributed by atoms with van der Waals surface area (Å²) in [7, 11) is -3.81. The summed E-state index contributed by atoms with van der Waals surface area (Å²) in [6.45, 7) is 11.4. The first-order chi connectivity index (χ1) is 19.3. The SMILES string of the molecule is CC(C)Cn1c2ccccc2c(=O)n1N.Cc1c(Cl)cccc1S(=O)(=O)Nc1ccc2c(c1)c(=O)[nH]n2CC(C)C.